The van der Waals surface area contributed by atoms with Crippen LogP contribution in [0.15, 0.2) is 55.1 Å². The lowest BCUT2D eigenvalue weighted by Crippen LogP contribution is -2.68. The van der Waals surface area contributed by atoms with Crippen molar-refractivity contribution in [2.24, 2.45) is 5.92 Å². The highest BCUT2D eigenvalue weighted by Gasteiger charge is 2.54. The standard InChI is InChI=1S/C32H33N7O3/c1-40-30-5-2-22(13-35-30)16-38-25-8-26(38)18-37(17-25)29-4-3-23(14-34-29)28-9-27(19-39-31(28)24(12-33)15-36-39)41-7-6-21-10-32(11-21)20-42-32/h2-5,9,13-15,19,21,25-26H,6-8,10-11,16-18,20H2,1H3. The highest BCUT2D eigenvalue weighted by Crippen LogP contribution is 2.51. The number of piperidine rings is 1. The quantitative estimate of drug-likeness (QED) is 0.279. The maximum atomic E-state index is 9.75. The van der Waals surface area contributed by atoms with Gasteiger partial charge in [0.15, 0.2) is 0 Å². The molecule has 5 fully saturated rings. The van der Waals surface area contributed by atoms with Crippen molar-refractivity contribution in [3.8, 4) is 28.8 Å². The Labute approximate surface area is 244 Å². The average Bonchev–Trinajstić information content (AvgIpc) is 3.71. The molecule has 5 aliphatic rings. The molecule has 8 heterocycles. The maximum absolute atomic E-state index is 9.75. The second-order valence-electron chi connectivity index (χ2n) is 12.2. The van der Waals surface area contributed by atoms with Crippen LogP contribution in [-0.2, 0) is 11.3 Å². The number of rotatable bonds is 9. The molecule has 4 aromatic rings. The first-order valence-electron chi connectivity index (χ1n) is 14.7. The summed E-state index contributed by atoms with van der Waals surface area (Å²) >= 11 is 0. The second kappa shape index (κ2) is 9.96. The Kier molecular flexibility index (Phi) is 6.05. The van der Waals surface area contributed by atoms with E-state index in [1.165, 1.54) is 12.0 Å². The molecule has 0 radical (unpaired) electrons. The van der Waals surface area contributed by atoms with Gasteiger partial charge in [-0.3, -0.25) is 4.90 Å². The van der Waals surface area contributed by atoms with E-state index in [0.29, 0.717) is 36.1 Å². The van der Waals surface area contributed by atoms with Gasteiger partial charge in [0.1, 0.15) is 17.6 Å². The number of ether oxygens (including phenoxy) is 3. The van der Waals surface area contributed by atoms with Crippen molar-refractivity contribution >= 4 is 11.3 Å². The number of hydrogen-bond donors (Lipinski definition) is 0. The van der Waals surface area contributed by atoms with Gasteiger partial charge in [0.25, 0.3) is 0 Å². The summed E-state index contributed by atoms with van der Waals surface area (Å²) in [6.07, 6.45) is 11.8. The lowest BCUT2D eigenvalue weighted by molar-refractivity contribution is -0.00876. The molecule has 10 nitrogen and oxygen atoms in total. The van der Waals surface area contributed by atoms with Crippen molar-refractivity contribution in [3.63, 3.8) is 0 Å². The van der Waals surface area contributed by atoms with E-state index in [9.17, 15) is 5.26 Å². The summed E-state index contributed by atoms with van der Waals surface area (Å²) in [4.78, 5) is 14.2. The van der Waals surface area contributed by atoms with Gasteiger partial charge in [-0.25, -0.2) is 14.5 Å². The normalized spacial score (nSPS) is 26.0. The van der Waals surface area contributed by atoms with Gasteiger partial charge in [-0.1, -0.05) is 6.07 Å². The van der Waals surface area contributed by atoms with Gasteiger partial charge in [0.2, 0.25) is 5.88 Å². The van der Waals surface area contributed by atoms with Crippen LogP contribution in [0.2, 0.25) is 0 Å². The number of anilines is 1. The molecule has 10 heteroatoms. The number of piperazine rings is 1. The molecule has 4 saturated heterocycles. The fourth-order valence-corrected chi connectivity index (χ4v) is 7.06. The Morgan fingerprint density at radius 1 is 1.10 bits per heavy atom. The Morgan fingerprint density at radius 2 is 1.95 bits per heavy atom. The fourth-order valence-electron chi connectivity index (χ4n) is 7.06. The zero-order chi connectivity index (χ0) is 28.3. The van der Waals surface area contributed by atoms with Gasteiger partial charge < -0.3 is 19.1 Å². The highest BCUT2D eigenvalue weighted by molar-refractivity contribution is 5.85. The lowest BCUT2D eigenvalue weighted by atomic mass is 9.73. The highest BCUT2D eigenvalue weighted by atomic mass is 16.6. The number of nitrogens with zero attached hydrogens (tertiary/aromatic N) is 7. The lowest BCUT2D eigenvalue weighted by Gasteiger charge is -2.56. The Hall–Kier alpha value is -4.20. The van der Waals surface area contributed by atoms with E-state index in [0.717, 1.165) is 73.7 Å². The van der Waals surface area contributed by atoms with Crippen LogP contribution in [0.4, 0.5) is 5.82 Å². The van der Waals surface area contributed by atoms with Gasteiger partial charge in [-0.2, -0.15) is 10.4 Å². The third-order valence-electron chi connectivity index (χ3n) is 9.48. The van der Waals surface area contributed by atoms with E-state index in [1.807, 2.05) is 30.7 Å². The molecule has 1 aliphatic carbocycles. The number of epoxide rings is 1. The summed E-state index contributed by atoms with van der Waals surface area (Å²) in [6.45, 7) is 4.39. The number of hydrogen-bond acceptors (Lipinski definition) is 9. The minimum absolute atomic E-state index is 0.224. The monoisotopic (exact) mass is 563 g/mol. The SMILES string of the molecule is COc1ccc(CN2C3CC2CN(c2ccc(-c4cc(OCCC5CC6(CO6)C5)cn5ncc(C#N)c45)cn2)C3)cn1. The first kappa shape index (κ1) is 25.5. The molecule has 2 atom stereocenters. The number of nitriles is 1. The maximum Gasteiger partial charge on any atom is 0.212 e. The molecular weight excluding hydrogens is 530 g/mol. The van der Waals surface area contributed by atoms with Crippen molar-refractivity contribution in [3.05, 3.63) is 66.2 Å². The largest absolute Gasteiger partial charge is 0.492 e. The molecular formula is C32H33N7O3. The fraction of sp³-hybridized carbons (Fsp3) is 0.438. The number of aromatic nitrogens is 4. The van der Waals surface area contributed by atoms with E-state index in [4.69, 9.17) is 19.2 Å². The van der Waals surface area contributed by atoms with Gasteiger partial charge in [-0.05, 0) is 55.4 Å². The Balaban J connectivity index is 0.958. The van der Waals surface area contributed by atoms with E-state index >= 15 is 0 Å². The summed E-state index contributed by atoms with van der Waals surface area (Å²) in [7, 11) is 1.64. The Bertz CT molecular complexity index is 1640. The molecule has 2 bridgehead atoms. The zero-order valence-electron chi connectivity index (χ0n) is 23.6. The third-order valence-corrected chi connectivity index (χ3v) is 9.48. The summed E-state index contributed by atoms with van der Waals surface area (Å²) in [5, 5.41) is 14.2. The predicted molar refractivity (Wildman–Crippen MR) is 155 cm³/mol. The van der Waals surface area contributed by atoms with Crippen molar-refractivity contribution < 1.29 is 14.2 Å². The Morgan fingerprint density at radius 3 is 2.64 bits per heavy atom. The van der Waals surface area contributed by atoms with Crippen LogP contribution < -0.4 is 14.4 Å². The first-order valence-corrected chi connectivity index (χ1v) is 14.7. The molecule has 4 aliphatic heterocycles. The minimum atomic E-state index is 0.224. The molecule has 0 N–H and O–H groups in total. The van der Waals surface area contributed by atoms with Crippen LogP contribution in [0.3, 0.4) is 0 Å². The molecule has 0 aromatic carbocycles. The minimum Gasteiger partial charge on any atom is -0.492 e. The van der Waals surface area contributed by atoms with Crippen LogP contribution in [-0.4, -0.2) is 75.6 Å². The topological polar surface area (TPSA) is 104 Å². The number of methoxy groups -OCH3 is 1. The molecule has 2 unspecified atom stereocenters. The third kappa shape index (κ3) is 4.53. The van der Waals surface area contributed by atoms with Crippen LogP contribution in [0, 0.1) is 17.2 Å². The van der Waals surface area contributed by atoms with Crippen molar-refractivity contribution in [1.29, 1.82) is 5.26 Å². The van der Waals surface area contributed by atoms with E-state index in [2.05, 4.69) is 44.2 Å². The van der Waals surface area contributed by atoms with Gasteiger partial charge >= 0.3 is 0 Å². The first-order chi connectivity index (χ1) is 20.6. The van der Waals surface area contributed by atoms with Crippen LogP contribution in [0.1, 0.15) is 36.8 Å². The van der Waals surface area contributed by atoms with E-state index in [-0.39, 0.29) is 5.60 Å². The van der Waals surface area contributed by atoms with Crippen molar-refractivity contribution in [1.82, 2.24) is 24.5 Å². The summed E-state index contributed by atoms with van der Waals surface area (Å²) < 4.78 is 18.7. The molecule has 4 aromatic heterocycles. The molecule has 9 rings (SSSR count). The summed E-state index contributed by atoms with van der Waals surface area (Å²) in [6, 6.07) is 13.5. The van der Waals surface area contributed by atoms with E-state index < -0.39 is 0 Å². The second-order valence-corrected chi connectivity index (χ2v) is 12.2. The van der Waals surface area contributed by atoms with Crippen LogP contribution in [0.5, 0.6) is 11.6 Å². The molecule has 42 heavy (non-hydrogen) atoms. The number of fused-ring (bicyclic) bond motifs is 3. The predicted octanol–water partition coefficient (Wildman–Crippen LogP) is 4.08. The summed E-state index contributed by atoms with van der Waals surface area (Å²) in [5.41, 5.74) is 4.58. The molecule has 0 amide bonds. The van der Waals surface area contributed by atoms with Crippen LogP contribution >= 0.6 is 0 Å². The average molecular weight is 564 g/mol. The number of pyridine rings is 3. The van der Waals surface area contributed by atoms with Gasteiger partial charge in [0, 0.05) is 61.3 Å². The van der Waals surface area contributed by atoms with E-state index in [1.54, 1.807) is 17.8 Å². The molecule has 1 saturated carbocycles. The van der Waals surface area contributed by atoms with Gasteiger partial charge in [0.05, 0.1) is 49.4 Å². The zero-order valence-corrected chi connectivity index (χ0v) is 23.6. The molecule has 214 valence electrons. The van der Waals surface area contributed by atoms with Crippen molar-refractivity contribution in [2.45, 2.75) is 49.9 Å². The summed E-state index contributed by atoms with van der Waals surface area (Å²) in [5.74, 6) is 3.05. The molecule has 1 spiro atoms. The van der Waals surface area contributed by atoms with Crippen molar-refractivity contribution in [2.75, 3.05) is 38.3 Å². The smallest absolute Gasteiger partial charge is 0.212 e. The van der Waals surface area contributed by atoms with Gasteiger partial charge in [-0.15, -0.1) is 0 Å². The van der Waals surface area contributed by atoms with Crippen LogP contribution in [0.25, 0.3) is 16.6 Å².